The highest BCUT2D eigenvalue weighted by atomic mass is 32.1. The van der Waals surface area contributed by atoms with Gasteiger partial charge in [-0.1, -0.05) is 55.9 Å². The molecule has 3 aromatic rings. The highest BCUT2D eigenvalue weighted by molar-refractivity contribution is 7.17. The zero-order chi connectivity index (χ0) is 27.4. The second-order valence-corrected chi connectivity index (χ2v) is 9.87. The van der Waals surface area contributed by atoms with Crippen LogP contribution in [0.25, 0.3) is 5.76 Å². The number of nitrogens with zero attached hydrogens (tertiary/aromatic N) is 2. The third-order valence-corrected chi connectivity index (χ3v) is 7.54. The van der Waals surface area contributed by atoms with Gasteiger partial charge in [0.1, 0.15) is 16.4 Å². The van der Waals surface area contributed by atoms with Gasteiger partial charge in [0.05, 0.1) is 31.0 Å². The third-order valence-electron chi connectivity index (χ3n) is 6.40. The van der Waals surface area contributed by atoms with Crippen LogP contribution < -0.4 is 9.64 Å². The van der Waals surface area contributed by atoms with E-state index in [1.54, 1.807) is 31.2 Å². The summed E-state index contributed by atoms with van der Waals surface area (Å²) in [4.78, 5) is 44.9. The first-order valence-corrected chi connectivity index (χ1v) is 13.3. The number of unbranched alkanes of at least 4 members (excludes halogenated alkanes) is 1. The molecule has 0 radical (unpaired) electrons. The molecule has 8 nitrogen and oxygen atoms in total. The normalized spacial score (nSPS) is 16.6. The number of anilines is 1. The van der Waals surface area contributed by atoms with E-state index in [-0.39, 0.29) is 21.3 Å². The number of hydrogen-bond donors (Lipinski definition) is 1. The maximum Gasteiger partial charge on any atom is 0.350 e. The summed E-state index contributed by atoms with van der Waals surface area (Å²) in [6, 6.07) is 13.3. The van der Waals surface area contributed by atoms with Gasteiger partial charge >= 0.3 is 11.9 Å². The van der Waals surface area contributed by atoms with Crippen LogP contribution in [0.4, 0.5) is 5.13 Å². The molecule has 4 rings (SSSR count). The van der Waals surface area contributed by atoms with E-state index in [1.807, 2.05) is 31.2 Å². The van der Waals surface area contributed by atoms with Gasteiger partial charge in [0.25, 0.3) is 5.78 Å². The molecule has 0 aliphatic carbocycles. The van der Waals surface area contributed by atoms with Crippen LogP contribution >= 0.6 is 11.3 Å². The number of benzene rings is 2. The Labute approximate surface area is 225 Å². The maximum atomic E-state index is 13.4. The number of aliphatic hydroxyl groups excluding tert-OH is 1. The highest BCUT2D eigenvalue weighted by Crippen LogP contribution is 2.44. The Kier molecular flexibility index (Phi) is 8.26. The van der Waals surface area contributed by atoms with Crippen molar-refractivity contribution in [2.24, 2.45) is 0 Å². The number of methoxy groups -OCH3 is 1. The minimum atomic E-state index is -0.933. The van der Waals surface area contributed by atoms with Gasteiger partial charge in [0.15, 0.2) is 5.13 Å². The predicted molar refractivity (Wildman–Crippen MR) is 146 cm³/mol. The largest absolute Gasteiger partial charge is 0.507 e. The molecule has 198 valence electrons. The van der Waals surface area contributed by atoms with Crippen molar-refractivity contribution in [1.29, 1.82) is 0 Å². The number of ether oxygens (including phenoxy) is 2. The van der Waals surface area contributed by atoms with Crippen molar-refractivity contribution in [3.63, 3.8) is 0 Å². The number of esters is 1. The molecule has 1 aliphatic rings. The minimum Gasteiger partial charge on any atom is -0.507 e. The molecule has 1 unspecified atom stereocenters. The number of aliphatic hydroxyl groups is 1. The van der Waals surface area contributed by atoms with Crippen molar-refractivity contribution in [3.05, 3.63) is 81.4 Å². The fourth-order valence-corrected chi connectivity index (χ4v) is 5.26. The summed E-state index contributed by atoms with van der Waals surface area (Å²) >= 11 is 0.969. The van der Waals surface area contributed by atoms with Crippen molar-refractivity contribution in [3.8, 4) is 5.75 Å². The maximum absolute atomic E-state index is 13.4. The van der Waals surface area contributed by atoms with Crippen molar-refractivity contribution >= 4 is 39.9 Å². The Bertz CT molecular complexity index is 1380. The Morgan fingerprint density at radius 3 is 2.37 bits per heavy atom. The lowest BCUT2D eigenvalue weighted by atomic mass is 9.94. The summed E-state index contributed by atoms with van der Waals surface area (Å²) in [5.74, 6) is -1.88. The number of aromatic nitrogens is 1. The second-order valence-electron chi connectivity index (χ2n) is 8.89. The van der Waals surface area contributed by atoms with Gasteiger partial charge in [-0.05, 0) is 55.2 Å². The van der Waals surface area contributed by atoms with Gasteiger partial charge < -0.3 is 14.6 Å². The van der Waals surface area contributed by atoms with E-state index in [2.05, 4.69) is 11.9 Å². The zero-order valence-corrected chi connectivity index (χ0v) is 22.6. The monoisotopic (exact) mass is 534 g/mol. The van der Waals surface area contributed by atoms with Gasteiger partial charge in [-0.2, -0.15) is 0 Å². The average Bonchev–Trinajstić information content (AvgIpc) is 3.44. The highest BCUT2D eigenvalue weighted by Gasteiger charge is 2.48. The first kappa shape index (κ1) is 27.1. The number of hydrogen-bond acceptors (Lipinski definition) is 8. The molecule has 1 saturated heterocycles. The molecule has 0 spiro atoms. The van der Waals surface area contributed by atoms with Crippen LogP contribution in [0, 0.1) is 6.92 Å². The summed E-state index contributed by atoms with van der Waals surface area (Å²) in [6.45, 7) is 6.33. The molecule has 38 heavy (non-hydrogen) atoms. The Balaban J connectivity index is 1.82. The molecular formula is C29H30N2O6S. The standard InChI is InChI=1S/C29H30N2O6S/c1-5-7-16-37-21-14-12-20(13-15-21)24(32)22-23(19-10-8-18(6-2)9-11-19)31(27(34)25(22)33)29-30-17(3)26(38-29)28(35)36-4/h8-15,23,32H,5-7,16H2,1-4H3/b24-22-. The summed E-state index contributed by atoms with van der Waals surface area (Å²) in [6.07, 6.45) is 2.76. The lowest BCUT2D eigenvalue weighted by molar-refractivity contribution is -0.132. The summed E-state index contributed by atoms with van der Waals surface area (Å²) in [5.41, 5.74) is 2.44. The minimum absolute atomic E-state index is 0.0497. The topological polar surface area (TPSA) is 106 Å². The predicted octanol–water partition coefficient (Wildman–Crippen LogP) is 5.61. The fraction of sp³-hybridized carbons (Fsp3) is 0.310. The number of amides is 1. The van der Waals surface area contributed by atoms with E-state index < -0.39 is 23.7 Å². The number of thiazole rings is 1. The van der Waals surface area contributed by atoms with Crippen LogP contribution in [-0.2, 0) is 20.7 Å². The fourth-order valence-electron chi connectivity index (χ4n) is 4.25. The van der Waals surface area contributed by atoms with Crippen LogP contribution in [0.5, 0.6) is 5.75 Å². The zero-order valence-electron chi connectivity index (χ0n) is 21.8. The molecule has 1 atom stereocenters. The molecular weight excluding hydrogens is 504 g/mol. The van der Waals surface area contributed by atoms with Crippen molar-refractivity contribution < 1.29 is 29.0 Å². The van der Waals surface area contributed by atoms with Crippen molar-refractivity contribution in [2.75, 3.05) is 18.6 Å². The summed E-state index contributed by atoms with van der Waals surface area (Å²) < 4.78 is 10.5. The van der Waals surface area contributed by atoms with Gasteiger partial charge in [-0.25, -0.2) is 9.78 Å². The molecule has 2 heterocycles. The smallest absolute Gasteiger partial charge is 0.350 e. The SMILES string of the molecule is CCCCOc1ccc(/C(O)=C2/C(=O)C(=O)N(c3nc(C)c(C(=O)OC)s3)C2c2ccc(CC)cc2)cc1. The van der Waals surface area contributed by atoms with E-state index in [0.29, 0.717) is 29.2 Å². The molecule has 1 aliphatic heterocycles. The Hall–Kier alpha value is -3.98. The van der Waals surface area contributed by atoms with Gasteiger partial charge in [0, 0.05) is 5.56 Å². The van der Waals surface area contributed by atoms with Crippen LogP contribution in [-0.4, -0.2) is 41.5 Å². The number of carbonyl (C=O) groups excluding carboxylic acids is 3. The number of rotatable bonds is 9. The summed E-state index contributed by atoms with van der Waals surface area (Å²) in [7, 11) is 1.27. The van der Waals surface area contributed by atoms with Crippen LogP contribution in [0.1, 0.15) is 64.8 Å². The average molecular weight is 535 g/mol. The molecule has 9 heteroatoms. The Morgan fingerprint density at radius 2 is 1.76 bits per heavy atom. The van der Waals surface area contributed by atoms with Gasteiger partial charge in [0.2, 0.25) is 0 Å². The lowest BCUT2D eigenvalue weighted by Gasteiger charge is -2.23. The molecule has 1 N–H and O–H groups in total. The lowest BCUT2D eigenvalue weighted by Crippen LogP contribution is -2.29. The quantitative estimate of drug-likeness (QED) is 0.125. The first-order chi connectivity index (χ1) is 18.3. The third kappa shape index (κ3) is 5.19. The summed E-state index contributed by atoms with van der Waals surface area (Å²) in [5, 5.41) is 11.5. The molecule has 1 amide bonds. The number of carbonyl (C=O) groups is 3. The molecule has 0 saturated carbocycles. The molecule has 1 aromatic heterocycles. The second kappa shape index (κ2) is 11.6. The van der Waals surface area contributed by atoms with E-state index in [0.717, 1.165) is 36.2 Å². The molecule has 1 fully saturated rings. The van der Waals surface area contributed by atoms with Gasteiger partial charge in [-0.15, -0.1) is 0 Å². The van der Waals surface area contributed by atoms with Gasteiger partial charge in [-0.3, -0.25) is 14.5 Å². The van der Waals surface area contributed by atoms with E-state index in [1.165, 1.54) is 12.0 Å². The van der Waals surface area contributed by atoms with Crippen LogP contribution in [0.2, 0.25) is 0 Å². The van der Waals surface area contributed by atoms with E-state index in [9.17, 15) is 19.5 Å². The van der Waals surface area contributed by atoms with Crippen molar-refractivity contribution in [2.45, 2.75) is 46.1 Å². The number of aryl methyl sites for hydroxylation is 2. The van der Waals surface area contributed by atoms with Crippen LogP contribution in [0.15, 0.2) is 54.1 Å². The number of ketones is 1. The van der Waals surface area contributed by atoms with E-state index >= 15 is 0 Å². The Morgan fingerprint density at radius 1 is 1.08 bits per heavy atom. The first-order valence-electron chi connectivity index (χ1n) is 12.5. The molecule has 0 bridgehead atoms. The molecule has 2 aromatic carbocycles. The van der Waals surface area contributed by atoms with E-state index in [4.69, 9.17) is 9.47 Å². The van der Waals surface area contributed by atoms with Crippen LogP contribution in [0.3, 0.4) is 0 Å². The number of Topliss-reactive ketones (excluding diaryl/α,β-unsaturated/α-hetero) is 1. The van der Waals surface area contributed by atoms with Crippen molar-refractivity contribution in [1.82, 2.24) is 4.98 Å².